The first kappa shape index (κ1) is 19.0. The Bertz CT molecular complexity index is 869. The van der Waals surface area contributed by atoms with Crippen molar-refractivity contribution in [3.63, 3.8) is 0 Å². The van der Waals surface area contributed by atoms with Crippen LogP contribution in [0.15, 0.2) is 4.79 Å². The number of hydrogen-bond donors (Lipinski definition) is 1. The number of aromatic nitrogens is 2. The predicted molar refractivity (Wildman–Crippen MR) is 106 cm³/mol. The summed E-state index contributed by atoms with van der Waals surface area (Å²) < 4.78 is 1.57. The lowest BCUT2D eigenvalue weighted by atomic mass is 9.89. The van der Waals surface area contributed by atoms with Gasteiger partial charge in [0, 0.05) is 11.4 Å². The smallest absolute Gasteiger partial charge is 0.263 e. The van der Waals surface area contributed by atoms with Gasteiger partial charge in [0.1, 0.15) is 17.2 Å². The maximum Gasteiger partial charge on any atom is 0.263 e. The average molecular weight is 377 g/mol. The Morgan fingerprint density at radius 3 is 2.88 bits per heavy atom. The van der Waals surface area contributed by atoms with Gasteiger partial charge in [0.25, 0.3) is 5.56 Å². The number of fused-ring (bicyclic) bond motifs is 3. The Labute approximate surface area is 158 Å². The molecule has 0 fully saturated rings. The normalized spacial score (nSPS) is 16.9. The number of carbonyl (C=O) groups is 1. The third-order valence-electron chi connectivity index (χ3n) is 4.83. The van der Waals surface area contributed by atoms with E-state index >= 15 is 0 Å². The maximum atomic E-state index is 13.3. The van der Waals surface area contributed by atoms with Gasteiger partial charge in [-0.05, 0) is 51.3 Å². The summed E-state index contributed by atoms with van der Waals surface area (Å²) in [5.74, 6) is 1.18. The molecule has 0 bridgehead atoms. The molecule has 1 aliphatic rings. The van der Waals surface area contributed by atoms with Gasteiger partial charge < -0.3 is 10.2 Å². The molecule has 1 N–H and O–H groups in total. The topological polar surface area (TPSA) is 67.2 Å². The van der Waals surface area contributed by atoms with E-state index in [0.29, 0.717) is 24.8 Å². The van der Waals surface area contributed by atoms with Gasteiger partial charge in [-0.25, -0.2) is 4.98 Å². The third kappa shape index (κ3) is 3.83. The summed E-state index contributed by atoms with van der Waals surface area (Å²) in [5.41, 5.74) is 1.10. The highest BCUT2D eigenvalue weighted by Gasteiger charge is 2.25. The van der Waals surface area contributed by atoms with Crippen molar-refractivity contribution >= 4 is 27.5 Å². The molecule has 0 saturated heterocycles. The van der Waals surface area contributed by atoms with E-state index in [1.54, 1.807) is 15.9 Å². The minimum absolute atomic E-state index is 0.0337. The molecule has 0 aliphatic heterocycles. The summed E-state index contributed by atoms with van der Waals surface area (Å²) in [5, 5.41) is 3.60. The maximum absolute atomic E-state index is 13.3. The third-order valence-corrected chi connectivity index (χ3v) is 5.97. The zero-order valence-electron chi connectivity index (χ0n) is 16.1. The summed E-state index contributed by atoms with van der Waals surface area (Å²) in [6.07, 6.45) is 3.94. The first-order valence-corrected chi connectivity index (χ1v) is 10.2. The van der Waals surface area contributed by atoms with Crippen molar-refractivity contribution in [1.82, 2.24) is 19.8 Å². The zero-order chi connectivity index (χ0) is 18.8. The number of rotatable bonds is 6. The van der Waals surface area contributed by atoms with E-state index in [0.717, 1.165) is 35.9 Å². The van der Waals surface area contributed by atoms with E-state index in [1.807, 2.05) is 25.9 Å². The second-order valence-corrected chi connectivity index (χ2v) is 8.62. The lowest BCUT2D eigenvalue weighted by Gasteiger charge is -2.18. The largest absolute Gasteiger partial charge is 0.355 e. The van der Waals surface area contributed by atoms with Crippen LogP contribution in [0.3, 0.4) is 0 Å². The Morgan fingerprint density at radius 2 is 2.19 bits per heavy atom. The number of nitrogens with zero attached hydrogens (tertiary/aromatic N) is 3. The van der Waals surface area contributed by atoms with Gasteiger partial charge in [-0.3, -0.25) is 14.2 Å². The van der Waals surface area contributed by atoms with Gasteiger partial charge in [0.05, 0.1) is 11.9 Å². The van der Waals surface area contributed by atoms with Crippen molar-refractivity contribution in [2.45, 2.75) is 52.6 Å². The quantitative estimate of drug-likeness (QED) is 0.839. The van der Waals surface area contributed by atoms with Gasteiger partial charge in [0.2, 0.25) is 5.91 Å². The second kappa shape index (κ2) is 7.88. The van der Waals surface area contributed by atoms with Gasteiger partial charge in [-0.2, -0.15) is 0 Å². The van der Waals surface area contributed by atoms with E-state index in [9.17, 15) is 9.59 Å². The molecule has 0 saturated carbocycles. The van der Waals surface area contributed by atoms with Crippen molar-refractivity contribution in [2.75, 3.05) is 20.6 Å². The van der Waals surface area contributed by atoms with Crippen LogP contribution in [0.2, 0.25) is 0 Å². The first-order valence-electron chi connectivity index (χ1n) is 9.36. The monoisotopic (exact) mass is 376 g/mol. The van der Waals surface area contributed by atoms with Gasteiger partial charge in [-0.15, -0.1) is 11.3 Å². The fourth-order valence-electron chi connectivity index (χ4n) is 3.50. The molecule has 3 rings (SSSR count). The fraction of sp³-hybridized carbons (Fsp3) is 0.632. The SMILES string of the molecule is CCCNC(=O)Cn1c(CN(C)C)nc2sc3c(c2c1=O)CCC(C)C3. The number of nitrogens with one attached hydrogen (secondary N) is 1. The molecule has 7 heteroatoms. The van der Waals surface area contributed by atoms with Crippen molar-refractivity contribution in [2.24, 2.45) is 5.92 Å². The predicted octanol–water partition coefficient (Wildman–Crippen LogP) is 2.17. The molecule has 26 heavy (non-hydrogen) atoms. The minimum atomic E-state index is -0.132. The van der Waals surface area contributed by atoms with Crippen LogP contribution in [0.25, 0.3) is 10.2 Å². The molecular weight excluding hydrogens is 348 g/mol. The molecule has 1 atom stereocenters. The highest BCUT2D eigenvalue weighted by molar-refractivity contribution is 7.18. The van der Waals surface area contributed by atoms with E-state index in [2.05, 4.69) is 12.2 Å². The van der Waals surface area contributed by atoms with Crippen LogP contribution >= 0.6 is 11.3 Å². The molecule has 142 valence electrons. The highest BCUT2D eigenvalue weighted by atomic mass is 32.1. The average Bonchev–Trinajstić information content (AvgIpc) is 2.93. The number of aryl methyl sites for hydroxylation is 1. The number of amides is 1. The fourth-order valence-corrected chi connectivity index (χ4v) is 4.89. The lowest BCUT2D eigenvalue weighted by molar-refractivity contribution is -0.121. The molecule has 2 aromatic heterocycles. The molecule has 2 aromatic rings. The molecule has 1 unspecified atom stereocenters. The van der Waals surface area contributed by atoms with E-state index < -0.39 is 0 Å². The molecular formula is C19H28N4O2S. The van der Waals surface area contributed by atoms with E-state index in [1.165, 1.54) is 10.4 Å². The summed E-state index contributed by atoms with van der Waals surface area (Å²) >= 11 is 1.66. The van der Waals surface area contributed by atoms with Crippen LogP contribution < -0.4 is 10.9 Å². The summed E-state index contributed by atoms with van der Waals surface area (Å²) in [6, 6.07) is 0. The summed E-state index contributed by atoms with van der Waals surface area (Å²) in [7, 11) is 3.89. The van der Waals surface area contributed by atoms with Gasteiger partial charge in [-0.1, -0.05) is 13.8 Å². The van der Waals surface area contributed by atoms with Crippen molar-refractivity contribution in [1.29, 1.82) is 0 Å². The minimum Gasteiger partial charge on any atom is -0.355 e. The zero-order valence-corrected chi connectivity index (χ0v) is 16.9. The van der Waals surface area contributed by atoms with E-state index in [-0.39, 0.29) is 18.0 Å². The summed E-state index contributed by atoms with van der Waals surface area (Å²) in [6.45, 7) is 5.46. The summed E-state index contributed by atoms with van der Waals surface area (Å²) in [4.78, 5) is 34.4. The Kier molecular flexibility index (Phi) is 5.77. The number of carbonyl (C=O) groups excluding carboxylic acids is 1. The lowest BCUT2D eigenvalue weighted by Crippen LogP contribution is -2.36. The Morgan fingerprint density at radius 1 is 1.42 bits per heavy atom. The van der Waals surface area contributed by atoms with Crippen molar-refractivity contribution < 1.29 is 4.79 Å². The molecule has 2 heterocycles. The van der Waals surface area contributed by atoms with Crippen molar-refractivity contribution in [3.05, 3.63) is 26.6 Å². The van der Waals surface area contributed by atoms with Crippen molar-refractivity contribution in [3.8, 4) is 0 Å². The van der Waals surface area contributed by atoms with Gasteiger partial charge in [0.15, 0.2) is 0 Å². The Balaban J connectivity index is 2.09. The molecule has 0 radical (unpaired) electrons. The molecule has 1 amide bonds. The number of thiophene rings is 1. The Hall–Kier alpha value is -1.73. The van der Waals surface area contributed by atoms with Crippen LogP contribution in [0, 0.1) is 5.92 Å². The van der Waals surface area contributed by atoms with Gasteiger partial charge >= 0.3 is 0 Å². The molecule has 6 nitrogen and oxygen atoms in total. The number of hydrogen-bond acceptors (Lipinski definition) is 5. The van der Waals surface area contributed by atoms with Crippen LogP contribution in [0.4, 0.5) is 0 Å². The highest BCUT2D eigenvalue weighted by Crippen LogP contribution is 2.35. The van der Waals surface area contributed by atoms with Crippen LogP contribution in [-0.2, 0) is 30.7 Å². The first-order chi connectivity index (χ1) is 12.4. The second-order valence-electron chi connectivity index (χ2n) is 7.54. The molecule has 0 aromatic carbocycles. The standard InChI is InChI=1S/C19H28N4O2S/c1-5-8-20-16(24)11-23-15(10-22(3)4)21-18-17(19(23)25)13-7-6-12(2)9-14(13)26-18/h12H,5-11H2,1-4H3,(H,20,24). The molecule has 0 spiro atoms. The van der Waals surface area contributed by atoms with Crippen LogP contribution in [0.1, 0.15) is 43.0 Å². The van der Waals surface area contributed by atoms with E-state index in [4.69, 9.17) is 4.98 Å². The molecule has 1 aliphatic carbocycles. The van der Waals surface area contributed by atoms with Crippen LogP contribution in [0.5, 0.6) is 0 Å². The van der Waals surface area contributed by atoms with Crippen LogP contribution in [-0.4, -0.2) is 41.0 Å².